The van der Waals surface area contributed by atoms with E-state index in [1.807, 2.05) is 6.20 Å². The molecule has 1 unspecified atom stereocenters. The van der Waals surface area contributed by atoms with Crippen molar-refractivity contribution in [3.8, 4) is 0 Å². The number of nitrogens with zero attached hydrogens (tertiary/aromatic N) is 2. The molecule has 0 bridgehead atoms. The summed E-state index contributed by atoms with van der Waals surface area (Å²) in [6, 6.07) is 11.3. The second-order valence-corrected chi connectivity index (χ2v) is 5.27. The average Bonchev–Trinajstić information content (AvgIpc) is 2.94. The van der Waals surface area contributed by atoms with Gasteiger partial charge in [-0.15, -0.1) is 0 Å². The smallest absolute Gasteiger partial charge is 0.0556 e. The highest BCUT2D eigenvalue weighted by Gasteiger charge is 2.15. The minimum atomic E-state index is 0.333. The number of nitrogens with one attached hydrogen (secondary N) is 1. The lowest BCUT2D eigenvalue weighted by molar-refractivity contribution is 0.478. The van der Waals surface area contributed by atoms with Gasteiger partial charge in [0.2, 0.25) is 0 Å². The van der Waals surface area contributed by atoms with Crippen LogP contribution in [0.2, 0.25) is 0 Å². The zero-order chi connectivity index (χ0) is 14.4. The third-order valence-electron chi connectivity index (χ3n) is 3.61. The summed E-state index contributed by atoms with van der Waals surface area (Å²) in [5.41, 5.74) is 3.96. The topological polar surface area (TPSA) is 29.9 Å². The fraction of sp³-hybridized carbons (Fsp3) is 0.471. The van der Waals surface area contributed by atoms with E-state index in [0.29, 0.717) is 6.04 Å². The summed E-state index contributed by atoms with van der Waals surface area (Å²) in [5.74, 6) is 0. The van der Waals surface area contributed by atoms with Crippen molar-refractivity contribution in [2.75, 3.05) is 6.54 Å². The van der Waals surface area contributed by atoms with E-state index in [9.17, 15) is 0 Å². The molecule has 108 valence electrons. The lowest BCUT2D eigenvalue weighted by atomic mass is 10.0. The molecule has 1 heterocycles. The van der Waals surface area contributed by atoms with Gasteiger partial charge in [0.15, 0.2) is 0 Å². The van der Waals surface area contributed by atoms with Gasteiger partial charge in [0.1, 0.15) is 0 Å². The highest BCUT2D eigenvalue weighted by molar-refractivity contribution is 5.23. The van der Waals surface area contributed by atoms with E-state index in [1.165, 1.54) is 16.8 Å². The molecule has 2 rings (SSSR count). The monoisotopic (exact) mass is 271 g/mol. The zero-order valence-corrected chi connectivity index (χ0v) is 12.8. The Morgan fingerprint density at radius 1 is 1.15 bits per heavy atom. The van der Waals surface area contributed by atoms with E-state index in [0.717, 1.165) is 25.9 Å². The van der Waals surface area contributed by atoms with E-state index >= 15 is 0 Å². The van der Waals surface area contributed by atoms with Crippen LogP contribution >= 0.6 is 0 Å². The van der Waals surface area contributed by atoms with E-state index < -0.39 is 0 Å². The second-order valence-electron chi connectivity index (χ2n) is 5.27. The predicted molar refractivity (Wildman–Crippen MR) is 83.8 cm³/mol. The summed E-state index contributed by atoms with van der Waals surface area (Å²) in [7, 11) is 0. The summed E-state index contributed by atoms with van der Waals surface area (Å²) in [6.07, 6.45) is 4.05. The number of rotatable bonds is 7. The molecule has 0 saturated heterocycles. The standard InChI is InChI=1S/C17H25N3/c1-4-11-18-16(17-10-12-19-20(17)5-2)13-15-8-6-14(3)7-9-15/h6-10,12,16,18H,4-5,11,13H2,1-3H3. The number of aryl methyl sites for hydroxylation is 2. The van der Waals surface area contributed by atoms with Crippen molar-refractivity contribution < 1.29 is 0 Å². The Morgan fingerprint density at radius 2 is 1.90 bits per heavy atom. The fourth-order valence-corrected chi connectivity index (χ4v) is 2.46. The van der Waals surface area contributed by atoms with Gasteiger partial charge < -0.3 is 5.32 Å². The molecule has 0 aliphatic heterocycles. The molecule has 1 atom stereocenters. The molecule has 3 heteroatoms. The van der Waals surface area contributed by atoms with Crippen molar-refractivity contribution in [3.63, 3.8) is 0 Å². The number of hydrogen-bond donors (Lipinski definition) is 1. The van der Waals surface area contributed by atoms with Crippen LogP contribution < -0.4 is 5.32 Å². The van der Waals surface area contributed by atoms with Crippen molar-refractivity contribution in [1.82, 2.24) is 15.1 Å². The van der Waals surface area contributed by atoms with Crippen LogP contribution in [0.4, 0.5) is 0 Å². The fourth-order valence-electron chi connectivity index (χ4n) is 2.46. The zero-order valence-electron chi connectivity index (χ0n) is 12.8. The first-order valence-corrected chi connectivity index (χ1v) is 7.55. The molecule has 0 aliphatic carbocycles. The summed E-state index contributed by atoms with van der Waals surface area (Å²) >= 11 is 0. The first-order valence-electron chi connectivity index (χ1n) is 7.55. The van der Waals surface area contributed by atoms with Crippen LogP contribution in [0.5, 0.6) is 0 Å². The minimum absolute atomic E-state index is 0.333. The van der Waals surface area contributed by atoms with Gasteiger partial charge >= 0.3 is 0 Å². The Kier molecular flexibility index (Phi) is 5.36. The molecule has 2 aromatic rings. The van der Waals surface area contributed by atoms with Crippen LogP contribution in [-0.2, 0) is 13.0 Å². The van der Waals surface area contributed by atoms with Crippen molar-refractivity contribution >= 4 is 0 Å². The molecule has 20 heavy (non-hydrogen) atoms. The Bertz CT molecular complexity index is 513. The normalized spacial score (nSPS) is 12.6. The SMILES string of the molecule is CCCNC(Cc1ccc(C)cc1)c1ccnn1CC. The Balaban J connectivity index is 2.17. The maximum absolute atomic E-state index is 4.40. The second kappa shape index (κ2) is 7.25. The van der Waals surface area contributed by atoms with Gasteiger partial charge in [0.05, 0.1) is 11.7 Å². The van der Waals surface area contributed by atoms with Crippen molar-refractivity contribution in [2.24, 2.45) is 0 Å². The van der Waals surface area contributed by atoms with Gasteiger partial charge in [-0.25, -0.2) is 0 Å². The Labute approximate surface area is 122 Å². The first-order chi connectivity index (χ1) is 9.74. The van der Waals surface area contributed by atoms with Crippen LogP contribution in [0.1, 0.15) is 43.1 Å². The molecule has 0 fully saturated rings. The molecule has 1 N–H and O–H groups in total. The summed E-state index contributed by atoms with van der Waals surface area (Å²) in [6.45, 7) is 8.42. The van der Waals surface area contributed by atoms with Crippen LogP contribution in [0, 0.1) is 6.92 Å². The van der Waals surface area contributed by atoms with E-state index in [1.54, 1.807) is 0 Å². The minimum Gasteiger partial charge on any atom is -0.308 e. The third-order valence-corrected chi connectivity index (χ3v) is 3.61. The lowest BCUT2D eigenvalue weighted by Crippen LogP contribution is -2.26. The van der Waals surface area contributed by atoms with Crippen molar-refractivity contribution in [1.29, 1.82) is 0 Å². The summed E-state index contributed by atoms with van der Waals surface area (Å²) in [5, 5.41) is 8.04. The number of benzene rings is 1. The molecule has 0 aliphatic rings. The van der Waals surface area contributed by atoms with Crippen molar-refractivity contribution in [3.05, 3.63) is 53.3 Å². The molecule has 0 spiro atoms. The average molecular weight is 271 g/mol. The van der Waals surface area contributed by atoms with Gasteiger partial charge in [-0.05, 0) is 44.9 Å². The molecular formula is C17H25N3. The highest BCUT2D eigenvalue weighted by Crippen LogP contribution is 2.19. The lowest BCUT2D eigenvalue weighted by Gasteiger charge is -2.20. The summed E-state index contributed by atoms with van der Waals surface area (Å²) < 4.78 is 2.08. The van der Waals surface area contributed by atoms with Crippen LogP contribution in [-0.4, -0.2) is 16.3 Å². The molecular weight excluding hydrogens is 246 g/mol. The largest absolute Gasteiger partial charge is 0.308 e. The molecule has 1 aromatic heterocycles. The van der Waals surface area contributed by atoms with Crippen LogP contribution in [0.25, 0.3) is 0 Å². The maximum atomic E-state index is 4.40. The number of aromatic nitrogens is 2. The predicted octanol–water partition coefficient (Wildman–Crippen LogP) is 3.49. The third kappa shape index (κ3) is 3.70. The molecule has 1 aromatic carbocycles. The van der Waals surface area contributed by atoms with Gasteiger partial charge in [-0.1, -0.05) is 36.8 Å². The van der Waals surface area contributed by atoms with Crippen LogP contribution in [0.3, 0.4) is 0 Å². The van der Waals surface area contributed by atoms with Crippen molar-refractivity contribution in [2.45, 2.75) is 46.2 Å². The maximum Gasteiger partial charge on any atom is 0.0556 e. The van der Waals surface area contributed by atoms with Gasteiger partial charge in [0.25, 0.3) is 0 Å². The Hall–Kier alpha value is -1.61. The van der Waals surface area contributed by atoms with Gasteiger partial charge in [-0.2, -0.15) is 5.10 Å². The van der Waals surface area contributed by atoms with Gasteiger partial charge in [0, 0.05) is 12.7 Å². The Morgan fingerprint density at radius 3 is 2.55 bits per heavy atom. The number of hydrogen-bond acceptors (Lipinski definition) is 2. The van der Waals surface area contributed by atoms with Crippen LogP contribution in [0.15, 0.2) is 36.5 Å². The summed E-state index contributed by atoms with van der Waals surface area (Å²) in [4.78, 5) is 0. The van der Waals surface area contributed by atoms with E-state index in [-0.39, 0.29) is 0 Å². The first kappa shape index (κ1) is 14.8. The molecule has 0 amide bonds. The molecule has 3 nitrogen and oxygen atoms in total. The highest BCUT2D eigenvalue weighted by atomic mass is 15.3. The molecule has 0 saturated carbocycles. The quantitative estimate of drug-likeness (QED) is 0.835. The van der Waals surface area contributed by atoms with E-state index in [2.05, 4.69) is 66.2 Å². The van der Waals surface area contributed by atoms with Gasteiger partial charge in [-0.3, -0.25) is 4.68 Å². The van der Waals surface area contributed by atoms with E-state index in [4.69, 9.17) is 0 Å². The molecule has 0 radical (unpaired) electrons.